The van der Waals surface area contributed by atoms with Crippen molar-refractivity contribution in [2.24, 2.45) is 11.8 Å². The van der Waals surface area contributed by atoms with E-state index in [9.17, 15) is 9.59 Å². The first-order chi connectivity index (χ1) is 14.9. The average Bonchev–Trinajstić information content (AvgIpc) is 3.24. The van der Waals surface area contributed by atoms with Crippen molar-refractivity contribution in [3.8, 4) is 0 Å². The molecule has 3 heterocycles. The van der Waals surface area contributed by atoms with Crippen LogP contribution in [0.4, 0.5) is 0 Å². The molecule has 3 rings (SSSR count). The van der Waals surface area contributed by atoms with Crippen LogP contribution in [0.15, 0.2) is 35.0 Å². The standard InChI is InChI=1S/C24H34N4O3/c1-18(2)15-21-16-22(26-31-21)24(30)28-13-6-7-19(17-28)9-10-23(29)27(3)14-11-20-8-4-5-12-25-20/h4-5,8,12,16,18-19H,6-7,9-11,13-15,17H2,1-3H3/t19-/m0/s1. The first kappa shape index (κ1) is 23.0. The quantitative estimate of drug-likeness (QED) is 0.612. The SMILES string of the molecule is CC(C)Cc1cc(C(=O)N2CCC[C@@H](CCC(=O)N(C)CCc3ccccn3)C2)no1. The highest BCUT2D eigenvalue weighted by Gasteiger charge is 2.27. The minimum absolute atomic E-state index is 0.0674. The van der Waals surface area contributed by atoms with Gasteiger partial charge in [0.05, 0.1) is 0 Å². The zero-order valence-corrected chi connectivity index (χ0v) is 18.9. The van der Waals surface area contributed by atoms with Crippen molar-refractivity contribution < 1.29 is 14.1 Å². The molecule has 168 valence electrons. The highest BCUT2D eigenvalue weighted by molar-refractivity contribution is 5.92. The number of aromatic nitrogens is 2. The van der Waals surface area contributed by atoms with E-state index in [0.717, 1.165) is 50.1 Å². The van der Waals surface area contributed by atoms with Crippen LogP contribution >= 0.6 is 0 Å². The molecule has 0 N–H and O–H groups in total. The molecule has 2 amide bonds. The van der Waals surface area contributed by atoms with Gasteiger partial charge in [0.15, 0.2) is 5.69 Å². The number of amides is 2. The summed E-state index contributed by atoms with van der Waals surface area (Å²) >= 11 is 0. The summed E-state index contributed by atoms with van der Waals surface area (Å²) in [5.41, 5.74) is 1.38. The van der Waals surface area contributed by atoms with E-state index in [4.69, 9.17) is 4.52 Å². The Hall–Kier alpha value is -2.70. The van der Waals surface area contributed by atoms with E-state index in [0.29, 0.717) is 37.0 Å². The van der Waals surface area contributed by atoms with E-state index < -0.39 is 0 Å². The van der Waals surface area contributed by atoms with Crippen LogP contribution in [0.5, 0.6) is 0 Å². The first-order valence-corrected chi connectivity index (χ1v) is 11.3. The molecule has 2 aromatic heterocycles. The highest BCUT2D eigenvalue weighted by atomic mass is 16.5. The average molecular weight is 427 g/mol. The third-order valence-electron chi connectivity index (χ3n) is 5.82. The molecule has 0 spiro atoms. The lowest BCUT2D eigenvalue weighted by atomic mass is 9.93. The predicted octanol–water partition coefficient (Wildman–Crippen LogP) is 3.60. The molecule has 31 heavy (non-hydrogen) atoms. The fourth-order valence-corrected chi connectivity index (χ4v) is 4.03. The van der Waals surface area contributed by atoms with Gasteiger partial charge in [-0.05, 0) is 43.2 Å². The van der Waals surface area contributed by atoms with Gasteiger partial charge in [0.1, 0.15) is 5.76 Å². The third-order valence-corrected chi connectivity index (χ3v) is 5.82. The zero-order chi connectivity index (χ0) is 22.2. The van der Waals surface area contributed by atoms with Crippen LogP contribution < -0.4 is 0 Å². The van der Waals surface area contributed by atoms with Crippen molar-refractivity contribution >= 4 is 11.8 Å². The molecule has 2 aromatic rings. The van der Waals surface area contributed by atoms with Crippen molar-refractivity contribution in [2.75, 3.05) is 26.7 Å². The van der Waals surface area contributed by atoms with Crippen LogP contribution in [0, 0.1) is 11.8 Å². The fraction of sp³-hybridized carbons (Fsp3) is 0.583. The Morgan fingerprint density at radius 1 is 1.32 bits per heavy atom. The van der Waals surface area contributed by atoms with Gasteiger partial charge >= 0.3 is 0 Å². The number of hydrogen-bond donors (Lipinski definition) is 0. The second-order valence-corrected chi connectivity index (χ2v) is 8.96. The molecule has 0 radical (unpaired) electrons. The molecule has 1 saturated heterocycles. The van der Waals surface area contributed by atoms with Gasteiger partial charge in [-0.3, -0.25) is 14.6 Å². The maximum absolute atomic E-state index is 12.8. The Bertz CT molecular complexity index is 850. The molecular weight excluding hydrogens is 392 g/mol. The van der Waals surface area contributed by atoms with Crippen LogP contribution in [0.3, 0.4) is 0 Å². The number of rotatable bonds is 9. The number of piperidine rings is 1. The molecular formula is C24H34N4O3. The summed E-state index contributed by atoms with van der Waals surface area (Å²) in [6.45, 7) is 6.29. The fourth-order valence-electron chi connectivity index (χ4n) is 4.03. The minimum atomic E-state index is -0.0674. The zero-order valence-electron chi connectivity index (χ0n) is 18.9. The van der Waals surface area contributed by atoms with Crippen LogP contribution in [-0.4, -0.2) is 58.4 Å². The molecule has 0 aromatic carbocycles. The van der Waals surface area contributed by atoms with Crippen LogP contribution in [0.2, 0.25) is 0 Å². The second-order valence-electron chi connectivity index (χ2n) is 8.96. The van der Waals surface area contributed by atoms with Gasteiger partial charge < -0.3 is 14.3 Å². The summed E-state index contributed by atoms with van der Waals surface area (Å²) < 4.78 is 5.32. The van der Waals surface area contributed by atoms with E-state index in [2.05, 4.69) is 24.0 Å². The topological polar surface area (TPSA) is 79.5 Å². The molecule has 1 aliphatic rings. The van der Waals surface area contributed by atoms with Crippen molar-refractivity contribution in [3.05, 3.63) is 47.6 Å². The van der Waals surface area contributed by atoms with Gasteiger partial charge in [-0.2, -0.15) is 0 Å². The molecule has 7 nitrogen and oxygen atoms in total. The predicted molar refractivity (Wildman–Crippen MR) is 118 cm³/mol. The molecule has 1 fully saturated rings. The molecule has 0 saturated carbocycles. The van der Waals surface area contributed by atoms with Crippen LogP contribution in [0.1, 0.15) is 61.5 Å². The van der Waals surface area contributed by atoms with Crippen molar-refractivity contribution in [3.63, 3.8) is 0 Å². The van der Waals surface area contributed by atoms with E-state index >= 15 is 0 Å². The molecule has 1 aliphatic heterocycles. The van der Waals surface area contributed by atoms with Gasteiger partial charge in [-0.25, -0.2) is 0 Å². The molecule has 7 heteroatoms. The van der Waals surface area contributed by atoms with Crippen LogP contribution in [0.25, 0.3) is 0 Å². The highest BCUT2D eigenvalue weighted by Crippen LogP contribution is 2.23. The summed E-state index contributed by atoms with van der Waals surface area (Å²) in [6.07, 6.45) is 6.62. The largest absolute Gasteiger partial charge is 0.361 e. The normalized spacial score (nSPS) is 16.5. The molecule has 0 aliphatic carbocycles. The number of likely N-dealkylation sites (N-methyl/N-ethyl adjacent to an activating group) is 1. The Morgan fingerprint density at radius 2 is 2.16 bits per heavy atom. The number of pyridine rings is 1. The van der Waals surface area contributed by atoms with Gasteiger partial charge in [-0.1, -0.05) is 25.1 Å². The summed E-state index contributed by atoms with van der Waals surface area (Å²) in [7, 11) is 1.85. The lowest BCUT2D eigenvalue weighted by molar-refractivity contribution is -0.130. The lowest BCUT2D eigenvalue weighted by Gasteiger charge is -2.32. The van der Waals surface area contributed by atoms with Crippen molar-refractivity contribution in [2.45, 2.75) is 52.4 Å². The van der Waals surface area contributed by atoms with Gasteiger partial charge in [-0.15, -0.1) is 0 Å². The Morgan fingerprint density at radius 3 is 2.90 bits per heavy atom. The van der Waals surface area contributed by atoms with E-state index in [-0.39, 0.29) is 11.8 Å². The van der Waals surface area contributed by atoms with E-state index in [1.807, 2.05) is 30.1 Å². The summed E-state index contributed by atoms with van der Waals surface area (Å²) in [4.78, 5) is 33.3. The van der Waals surface area contributed by atoms with Crippen molar-refractivity contribution in [1.82, 2.24) is 19.9 Å². The number of carbonyl (C=O) groups excluding carboxylic acids is 2. The van der Waals surface area contributed by atoms with Crippen molar-refractivity contribution in [1.29, 1.82) is 0 Å². The third kappa shape index (κ3) is 6.91. The maximum atomic E-state index is 12.8. The van der Waals surface area contributed by atoms with Crippen LogP contribution in [-0.2, 0) is 17.6 Å². The van der Waals surface area contributed by atoms with Gasteiger partial charge in [0.25, 0.3) is 5.91 Å². The number of hydrogen-bond acceptors (Lipinski definition) is 5. The maximum Gasteiger partial charge on any atom is 0.276 e. The first-order valence-electron chi connectivity index (χ1n) is 11.3. The minimum Gasteiger partial charge on any atom is -0.361 e. The number of nitrogens with zero attached hydrogens (tertiary/aromatic N) is 4. The Kier molecular flexibility index (Phi) is 8.20. The smallest absolute Gasteiger partial charge is 0.276 e. The van der Waals surface area contributed by atoms with E-state index in [1.165, 1.54) is 0 Å². The van der Waals surface area contributed by atoms with Gasteiger partial charge in [0.2, 0.25) is 5.91 Å². The lowest BCUT2D eigenvalue weighted by Crippen LogP contribution is -2.40. The Labute approximate surface area is 184 Å². The second kappa shape index (κ2) is 11.1. The molecule has 1 atom stereocenters. The monoisotopic (exact) mass is 426 g/mol. The summed E-state index contributed by atoms with van der Waals surface area (Å²) in [5, 5.41) is 3.98. The number of likely N-dealkylation sites (tertiary alicyclic amines) is 1. The van der Waals surface area contributed by atoms with E-state index in [1.54, 1.807) is 17.2 Å². The number of carbonyl (C=O) groups is 2. The Balaban J connectivity index is 1.44. The molecule has 0 bridgehead atoms. The summed E-state index contributed by atoms with van der Waals surface area (Å²) in [5.74, 6) is 1.63. The van der Waals surface area contributed by atoms with Gasteiger partial charge in [0, 0.05) is 63.9 Å². The summed E-state index contributed by atoms with van der Waals surface area (Å²) in [6, 6.07) is 7.60. The molecule has 0 unspecified atom stereocenters.